The molecule has 0 aromatic heterocycles. The lowest BCUT2D eigenvalue weighted by Gasteiger charge is -2.36. The number of unbranched alkanes of at least 4 members (excludes halogenated alkanes) is 8. The normalized spacial score (nSPS) is 18.2. The summed E-state index contributed by atoms with van der Waals surface area (Å²) in [6.45, 7) is 4.49. The molecular weight excluding hydrogens is 390 g/mol. The first-order chi connectivity index (χ1) is 13.7. The van der Waals surface area contributed by atoms with Gasteiger partial charge in [-0.15, -0.1) is 0 Å². The highest BCUT2D eigenvalue weighted by Crippen LogP contribution is 2.19. The van der Waals surface area contributed by atoms with Crippen LogP contribution in [-0.4, -0.2) is 62.0 Å². The average molecular weight is 434 g/mol. The van der Waals surface area contributed by atoms with E-state index in [1.54, 1.807) is 0 Å². The van der Waals surface area contributed by atoms with Crippen molar-refractivity contribution in [1.82, 2.24) is 0 Å². The Kier molecular flexibility index (Phi) is 13.1. The first kappa shape index (κ1) is 26.4. The number of ether oxygens (including phenoxy) is 1. The molecule has 1 heterocycles. The van der Waals surface area contributed by atoms with Crippen LogP contribution in [0.2, 0.25) is 0 Å². The summed E-state index contributed by atoms with van der Waals surface area (Å²) in [5.41, 5.74) is 0. The molecule has 1 aliphatic rings. The minimum Gasteiger partial charge on any atom is -0.748 e. The van der Waals surface area contributed by atoms with E-state index in [2.05, 4.69) is 14.0 Å². The number of carbonyl (C=O) groups is 1. The third kappa shape index (κ3) is 14.1. The summed E-state index contributed by atoms with van der Waals surface area (Å²) < 4.78 is 40.1. The van der Waals surface area contributed by atoms with E-state index in [4.69, 9.17) is 4.74 Å². The van der Waals surface area contributed by atoms with Crippen LogP contribution in [0.1, 0.15) is 96.8 Å². The highest BCUT2D eigenvalue weighted by atomic mass is 32.2. The summed E-state index contributed by atoms with van der Waals surface area (Å²) in [6, 6.07) is 0. The summed E-state index contributed by atoms with van der Waals surface area (Å²) in [6.07, 6.45) is 14.5. The van der Waals surface area contributed by atoms with Crippen molar-refractivity contribution < 1.29 is 27.0 Å². The highest BCUT2D eigenvalue weighted by Gasteiger charge is 2.30. The lowest BCUT2D eigenvalue weighted by molar-refractivity contribution is -0.911. The van der Waals surface area contributed by atoms with Crippen LogP contribution in [0.4, 0.5) is 0 Å². The third-order valence-electron chi connectivity index (χ3n) is 5.96. The van der Waals surface area contributed by atoms with E-state index < -0.39 is 22.0 Å². The van der Waals surface area contributed by atoms with Gasteiger partial charge in [0.2, 0.25) is 0 Å². The molecule has 172 valence electrons. The van der Waals surface area contributed by atoms with Gasteiger partial charge in [-0.2, -0.15) is 0 Å². The minimum atomic E-state index is -4.44. The molecule has 1 unspecified atom stereocenters. The van der Waals surface area contributed by atoms with E-state index in [1.807, 2.05) is 0 Å². The quantitative estimate of drug-likeness (QED) is 0.166. The summed E-state index contributed by atoms with van der Waals surface area (Å²) in [5.74, 6) is -0.993. The molecule has 0 spiro atoms. The number of quaternary nitrogens is 1. The number of likely N-dealkylation sites (tertiary alicyclic amines) is 1. The second-order valence-electron chi connectivity index (χ2n) is 9.08. The zero-order valence-electron chi connectivity index (χ0n) is 18.7. The van der Waals surface area contributed by atoms with Crippen molar-refractivity contribution in [2.75, 3.05) is 32.4 Å². The van der Waals surface area contributed by atoms with E-state index in [0.717, 1.165) is 45.2 Å². The molecule has 29 heavy (non-hydrogen) atoms. The van der Waals surface area contributed by atoms with Crippen molar-refractivity contribution in [3.63, 3.8) is 0 Å². The van der Waals surface area contributed by atoms with Crippen LogP contribution >= 0.6 is 0 Å². The molecular formula is C22H43NO5S. The van der Waals surface area contributed by atoms with Gasteiger partial charge in [-0.1, -0.05) is 58.3 Å². The first-order valence-electron chi connectivity index (χ1n) is 11.7. The Morgan fingerprint density at radius 2 is 1.45 bits per heavy atom. The number of carbonyl (C=O) groups excluding carboxylic acids is 1. The maximum atomic E-state index is 12.2. The van der Waals surface area contributed by atoms with E-state index in [1.165, 1.54) is 51.4 Å². The fraction of sp³-hybridized carbons (Fsp3) is 0.955. The topological polar surface area (TPSA) is 83.5 Å². The summed E-state index contributed by atoms with van der Waals surface area (Å²) in [7, 11) is -2.36. The average Bonchev–Trinajstić information content (AvgIpc) is 2.83. The standard InChI is InChI=1S/C22H43NO5S/c1-3-4-5-6-7-8-9-10-13-16-22(24)28-21(20-29(25,26)27)19-23(2)17-14-11-12-15-18-23/h21H,3-20H2,1-2H3. The Morgan fingerprint density at radius 3 is 1.97 bits per heavy atom. The molecule has 0 radical (unpaired) electrons. The highest BCUT2D eigenvalue weighted by molar-refractivity contribution is 7.85. The zero-order valence-corrected chi connectivity index (χ0v) is 19.5. The lowest BCUT2D eigenvalue weighted by atomic mass is 10.1. The zero-order chi connectivity index (χ0) is 21.6. The second kappa shape index (κ2) is 14.4. The molecule has 0 saturated carbocycles. The van der Waals surface area contributed by atoms with E-state index >= 15 is 0 Å². The second-order valence-corrected chi connectivity index (χ2v) is 10.5. The van der Waals surface area contributed by atoms with Crippen molar-refractivity contribution in [3.8, 4) is 0 Å². The van der Waals surface area contributed by atoms with Crippen molar-refractivity contribution in [1.29, 1.82) is 0 Å². The minimum absolute atomic E-state index is 0.301. The molecule has 0 N–H and O–H groups in total. The molecule has 1 saturated heterocycles. The van der Waals surface area contributed by atoms with Gasteiger partial charge in [0.1, 0.15) is 6.54 Å². The smallest absolute Gasteiger partial charge is 0.306 e. The molecule has 0 bridgehead atoms. The van der Waals surface area contributed by atoms with E-state index in [9.17, 15) is 17.8 Å². The summed E-state index contributed by atoms with van der Waals surface area (Å²) in [5, 5.41) is 0. The van der Waals surface area contributed by atoms with Gasteiger partial charge in [0, 0.05) is 6.42 Å². The molecule has 0 amide bonds. The molecule has 1 rings (SSSR count). The van der Waals surface area contributed by atoms with Gasteiger partial charge >= 0.3 is 5.97 Å². The van der Waals surface area contributed by atoms with Crippen LogP contribution < -0.4 is 0 Å². The van der Waals surface area contributed by atoms with Gasteiger partial charge in [0.05, 0.1) is 36.0 Å². The molecule has 1 fully saturated rings. The largest absolute Gasteiger partial charge is 0.748 e. The number of hydrogen-bond acceptors (Lipinski definition) is 5. The fourth-order valence-electron chi connectivity index (χ4n) is 4.30. The first-order valence-corrected chi connectivity index (χ1v) is 13.3. The molecule has 7 heteroatoms. The maximum Gasteiger partial charge on any atom is 0.306 e. The molecule has 1 aliphatic heterocycles. The van der Waals surface area contributed by atoms with Crippen LogP contribution in [0.25, 0.3) is 0 Å². The molecule has 0 aromatic rings. The Hall–Kier alpha value is -0.660. The van der Waals surface area contributed by atoms with E-state index in [0.29, 0.717) is 17.4 Å². The van der Waals surface area contributed by atoms with Crippen LogP contribution in [0, 0.1) is 0 Å². The van der Waals surface area contributed by atoms with Crippen LogP contribution in [0.15, 0.2) is 0 Å². The fourth-order valence-corrected chi connectivity index (χ4v) is 4.93. The summed E-state index contributed by atoms with van der Waals surface area (Å²) in [4.78, 5) is 12.2. The Bertz CT molecular complexity index is 541. The number of rotatable bonds is 15. The Morgan fingerprint density at radius 1 is 0.931 bits per heavy atom. The van der Waals surface area contributed by atoms with E-state index in [-0.39, 0.29) is 5.97 Å². The van der Waals surface area contributed by atoms with Crippen molar-refractivity contribution in [2.45, 2.75) is 103 Å². The van der Waals surface area contributed by atoms with Gasteiger partial charge in [-0.3, -0.25) is 4.79 Å². The monoisotopic (exact) mass is 433 g/mol. The SMILES string of the molecule is CCCCCCCCCCCC(=O)OC(C[N+]1(C)CCCCCC1)CS(=O)(=O)[O-]. The van der Waals surface area contributed by atoms with Crippen molar-refractivity contribution in [3.05, 3.63) is 0 Å². The number of esters is 1. The maximum absolute atomic E-state index is 12.2. The Balaban J connectivity index is 2.35. The third-order valence-corrected chi connectivity index (χ3v) is 6.74. The van der Waals surface area contributed by atoms with Crippen LogP contribution in [0.3, 0.4) is 0 Å². The van der Waals surface area contributed by atoms with Gasteiger partial charge in [-0.25, -0.2) is 8.42 Å². The van der Waals surface area contributed by atoms with Crippen LogP contribution in [0.5, 0.6) is 0 Å². The lowest BCUT2D eigenvalue weighted by Crippen LogP contribution is -2.51. The van der Waals surface area contributed by atoms with Gasteiger partial charge < -0.3 is 13.8 Å². The van der Waals surface area contributed by atoms with Crippen LogP contribution in [-0.2, 0) is 19.6 Å². The van der Waals surface area contributed by atoms with Crippen molar-refractivity contribution >= 4 is 16.1 Å². The van der Waals surface area contributed by atoms with Gasteiger partial charge in [0.25, 0.3) is 0 Å². The predicted octanol–water partition coefficient (Wildman–Crippen LogP) is 4.38. The number of nitrogens with zero attached hydrogens (tertiary/aromatic N) is 1. The van der Waals surface area contributed by atoms with Crippen molar-refractivity contribution in [2.24, 2.45) is 0 Å². The molecule has 0 aliphatic carbocycles. The predicted molar refractivity (Wildman–Crippen MR) is 116 cm³/mol. The van der Waals surface area contributed by atoms with Gasteiger partial charge in [0.15, 0.2) is 6.10 Å². The molecule has 6 nitrogen and oxygen atoms in total. The molecule has 0 aromatic carbocycles. The number of hydrogen-bond donors (Lipinski definition) is 0. The number of likely N-dealkylation sites (N-methyl/N-ethyl adjacent to an activating group) is 1. The summed E-state index contributed by atoms with van der Waals surface area (Å²) >= 11 is 0. The Labute approximate surface area is 178 Å². The molecule has 1 atom stereocenters. The van der Waals surface area contributed by atoms with Gasteiger partial charge in [-0.05, 0) is 32.1 Å².